The maximum absolute atomic E-state index is 13.1. The van der Waals surface area contributed by atoms with Crippen molar-refractivity contribution in [1.82, 2.24) is 0 Å². The lowest BCUT2D eigenvalue weighted by Gasteiger charge is -2.22. The number of benzene rings is 3. The standard InChI is InChI=1S/C20H12N2O6/c23-17-11-8-4-5-9-12(11)18(24)14-13(17)15(21-10-6-2-1-3-7-10)16(22(27)28)20(26)19(14)25/h1-9,21,25-26H. The van der Waals surface area contributed by atoms with Crippen LogP contribution in [0.2, 0.25) is 0 Å². The van der Waals surface area contributed by atoms with Gasteiger partial charge in [-0.2, -0.15) is 0 Å². The van der Waals surface area contributed by atoms with Gasteiger partial charge in [-0.15, -0.1) is 0 Å². The van der Waals surface area contributed by atoms with E-state index in [-0.39, 0.29) is 22.4 Å². The summed E-state index contributed by atoms with van der Waals surface area (Å²) < 4.78 is 0. The van der Waals surface area contributed by atoms with Crippen molar-refractivity contribution in [2.24, 2.45) is 0 Å². The van der Waals surface area contributed by atoms with Gasteiger partial charge in [-0.25, -0.2) is 0 Å². The lowest BCUT2D eigenvalue weighted by atomic mass is 9.82. The van der Waals surface area contributed by atoms with Gasteiger partial charge in [0, 0.05) is 16.8 Å². The first-order valence-electron chi connectivity index (χ1n) is 8.18. The summed E-state index contributed by atoms with van der Waals surface area (Å²) in [6.07, 6.45) is 0. The molecule has 3 N–H and O–H groups in total. The molecule has 1 aliphatic carbocycles. The number of nitrogens with one attached hydrogen (secondary N) is 1. The van der Waals surface area contributed by atoms with Crippen LogP contribution in [0.5, 0.6) is 11.5 Å². The number of phenolic OH excluding ortho intramolecular Hbond substituents is 2. The second kappa shape index (κ2) is 6.20. The van der Waals surface area contributed by atoms with Crippen LogP contribution in [0.3, 0.4) is 0 Å². The van der Waals surface area contributed by atoms with E-state index < -0.39 is 39.2 Å². The van der Waals surface area contributed by atoms with E-state index in [0.717, 1.165) is 0 Å². The third-order valence-electron chi connectivity index (χ3n) is 4.52. The molecule has 4 rings (SSSR count). The maximum Gasteiger partial charge on any atom is 0.338 e. The molecule has 0 saturated carbocycles. The number of carbonyl (C=O) groups is 2. The number of carbonyl (C=O) groups excluding carboxylic acids is 2. The van der Waals surface area contributed by atoms with E-state index in [4.69, 9.17) is 0 Å². The molecule has 0 atom stereocenters. The van der Waals surface area contributed by atoms with Gasteiger partial charge in [0.2, 0.25) is 5.75 Å². The zero-order valence-electron chi connectivity index (χ0n) is 14.2. The van der Waals surface area contributed by atoms with E-state index in [9.17, 15) is 29.9 Å². The van der Waals surface area contributed by atoms with Crippen LogP contribution in [0.1, 0.15) is 31.8 Å². The minimum absolute atomic E-state index is 0.0502. The fraction of sp³-hybridized carbons (Fsp3) is 0. The Morgan fingerprint density at radius 3 is 1.89 bits per heavy atom. The van der Waals surface area contributed by atoms with Crippen molar-refractivity contribution in [3.05, 3.63) is 87.0 Å². The summed E-state index contributed by atoms with van der Waals surface area (Å²) in [6, 6.07) is 14.2. The molecule has 8 heteroatoms. The number of aromatic hydroxyl groups is 2. The smallest absolute Gasteiger partial charge is 0.338 e. The number of para-hydroxylation sites is 1. The van der Waals surface area contributed by atoms with Gasteiger partial charge in [-0.1, -0.05) is 42.5 Å². The Bertz CT molecular complexity index is 1170. The van der Waals surface area contributed by atoms with Gasteiger partial charge in [0.05, 0.1) is 16.1 Å². The highest BCUT2D eigenvalue weighted by Gasteiger charge is 2.41. The van der Waals surface area contributed by atoms with Crippen molar-refractivity contribution < 1.29 is 24.7 Å². The number of nitrogens with zero attached hydrogens (tertiary/aromatic N) is 1. The van der Waals surface area contributed by atoms with E-state index in [0.29, 0.717) is 5.69 Å². The van der Waals surface area contributed by atoms with Gasteiger partial charge < -0.3 is 15.5 Å². The minimum Gasteiger partial charge on any atom is -0.504 e. The van der Waals surface area contributed by atoms with Crippen LogP contribution in [0.25, 0.3) is 0 Å². The van der Waals surface area contributed by atoms with Gasteiger partial charge in [0.15, 0.2) is 17.3 Å². The highest BCUT2D eigenvalue weighted by molar-refractivity contribution is 6.32. The Hall–Kier alpha value is -4.20. The Morgan fingerprint density at radius 1 is 0.786 bits per heavy atom. The number of ketones is 2. The summed E-state index contributed by atoms with van der Waals surface area (Å²) in [4.78, 5) is 36.7. The first-order valence-corrected chi connectivity index (χ1v) is 8.18. The first kappa shape index (κ1) is 17.2. The third kappa shape index (κ3) is 2.39. The Kier molecular flexibility index (Phi) is 3.82. The molecule has 8 nitrogen and oxygen atoms in total. The van der Waals surface area contributed by atoms with Crippen LogP contribution < -0.4 is 5.32 Å². The summed E-state index contributed by atoms with van der Waals surface area (Å²) in [7, 11) is 0. The summed E-state index contributed by atoms with van der Waals surface area (Å²) in [5.74, 6) is -3.44. The molecule has 138 valence electrons. The summed E-state index contributed by atoms with van der Waals surface area (Å²) in [5, 5.41) is 34.9. The number of nitro groups is 1. The van der Waals surface area contributed by atoms with Gasteiger partial charge in [-0.05, 0) is 12.1 Å². The topological polar surface area (TPSA) is 130 Å². The van der Waals surface area contributed by atoms with Crippen molar-refractivity contribution in [2.75, 3.05) is 5.32 Å². The minimum atomic E-state index is -1.08. The van der Waals surface area contributed by atoms with E-state index in [1.807, 2.05) is 0 Å². The quantitative estimate of drug-likeness (QED) is 0.216. The van der Waals surface area contributed by atoms with Crippen molar-refractivity contribution in [3.63, 3.8) is 0 Å². The largest absolute Gasteiger partial charge is 0.504 e. The number of hydrogen-bond donors (Lipinski definition) is 3. The predicted molar refractivity (Wildman–Crippen MR) is 99.5 cm³/mol. The third-order valence-corrected chi connectivity index (χ3v) is 4.52. The number of nitro benzene ring substituents is 1. The van der Waals surface area contributed by atoms with Crippen LogP contribution in [-0.2, 0) is 0 Å². The lowest BCUT2D eigenvalue weighted by Crippen LogP contribution is -2.23. The molecule has 0 bridgehead atoms. The fourth-order valence-electron chi connectivity index (χ4n) is 3.27. The molecular weight excluding hydrogens is 364 g/mol. The molecule has 0 fully saturated rings. The van der Waals surface area contributed by atoms with E-state index in [1.165, 1.54) is 12.1 Å². The molecule has 0 heterocycles. The maximum atomic E-state index is 13.1. The normalized spacial score (nSPS) is 12.3. The van der Waals surface area contributed by atoms with Gasteiger partial charge in [0.1, 0.15) is 5.69 Å². The van der Waals surface area contributed by atoms with Crippen molar-refractivity contribution in [2.45, 2.75) is 0 Å². The molecule has 0 aliphatic heterocycles. The molecule has 3 aromatic rings. The number of hydrogen-bond acceptors (Lipinski definition) is 7. The van der Waals surface area contributed by atoms with Crippen LogP contribution in [-0.4, -0.2) is 26.7 Å². The van der Waals surface area contributed by atoms with Crippen molar-refractivity contribution in [1.29, 1.82) is 0 Å². The summed E-state index contributed by atoms with van der Waals surface area (Å²) in [6.45, 7) is 0. The van der Waals surface area contributed by atoms with Crippen molar-refractivity contribution in [3.8, 4) is 11.5 Å². The van der Waals surface area contributed by atoms with E-state index >= 15 is 0 Å². The van der Waals surface area contributed by atoms with Crippen LogP contribution in [0, 0.1) is 10.1 Å². The van der Waals surface area contributed by atoms with Crippen LogP contribution >= 0.6 is 0 Å². The average Bonchev–Trinajstić information content (AvgIpc) is 2.69. The second-order valence-corrected chi connectivity index (χ2v) is 6.12. The second-order valence-electron chi connectivity index (χ2n) is 6.12. The lowest BCUT2D eigenvalue weighted by molar-refractivity contribution is -0.385. The zero-order chi connectivity index (χ0) is 20.0. The number of phenols is 2. The molecule has 0 unspecified atom stereocenters. The van der Waals surface area contributed by atoms with Gasteiger partial charge >= 0.3 is 5.69 Å². The van der Waals surface area contributed by atoms with Crippen LogP contribution in [0.4, 0.5) is 17.1 Å². The molecule has 1 aliphatic rings. The molecule has 0 amide bonds. The molecule has 0 radical (unpaired) electrons. The van der Waals surface area contributed by atoms with Gasteiger partial charge in [0.25, 0.3) is 0 Å². The van der Waals surface area contributed by atoms with Crippen LogP contribution in [0.15, 0.2) is 54.6 Å². The average molecular weight is 376 g/mol. The molecular formula is C20H12N2O6. The highest BCUT2D eigenvalue weighted by atomic mass is 16.6. The predicted octanol–water partition coefficient (Wildman–Crippen LogP) is 3.53. The van der Waals surface area contributed by atoms with E-state index in [1.54, 1.807) is 42.5 Å². The fourth-order valence-corrected chi connectivity index (χ4v) is 3.27. The van der Waals surface area contributed by atoms with E-state index in [2.05, 4.69) is 5.32 Å². The Balaban J connectivity index is 2.08. The first-order chi connectivity index (χ1) is 13.4. The SMILES string of the molecule is O=C1c2ccccc2C(=O)c2c(Nc3ccccc3)c([N+](=O)[O-])c(O)c(O)c21. The molecule has 3 aromatic carbocycles. The molecule has 0 saturated heterocycles. The monoisotopic (exact) mass is 376 g/mol. The summed E-state index contributed by atoms with van der Waals surface area (Å²) in [5.41, 5.74) is -1.54. The molecule has 0 aromatic heterocycles. The number of rotatable bonds is 3. The Labute approximate surface area is 157 Å². The number of anilines is 2. The van der Waals surface area contributed by atoms with Crippen molar-refractivity contribution >= 4 is 28.6 Å². The molecule has 28 heavy (non-hydrogen) atoms. The Morgan fingerprint density at radius 2 is 1.32 bits per heavy atom. The highest BCUT2D eigenvalue weighted by Crippen LogP contribution is 2.50. The number of fused-ring (bicyclic) bond motifs is 2. The summed E-state index contributed by atoms with van der Waals surface area (Å²) >= 11 is 0. The van der Waals surface area contributed by atoms with Gasteiger partial charge in [-0.3, -0.25) is 19.7 Å². The zero-order valence-corrected chi connectivity index (χ0v) is 14.2. The molecule has 0 spiro atoms.